The van der Waals surface area contributed by atoms with E-state index in [-0.39, 0.29) is 0 Å². The predicted octanol–water partition coefficient (Wildman–Crippen LogP) is 4.92. The number of halogens is 1. The van der Waals surface area contributed by atoms with Crippen molar-refractivity contribution >= 4 is 34.9 Å². The molecule has 4 rings (SSSR count). The molecular formula is C19H18ClN7O. The van der Waals surface area contributed by atoms with Gasteiger partial charge in [-0.15, -0.1) is 0 Å². The summed E-state index contributed by atoms with van der Waals surface area (Å²) >= 11 is 6.22. The van der Waals surface area contributed by atoms with Crippen LogP contribution in [0, 0.1) is 20.8 Å². The van der Waals surface area contributed by atoms with Crippen molar-refractivity contribution in [2.45, 2.75) is 20.8 Å². The van der Waals surface area contributed by atoms with Gasteiger partial charge in [-0.25, -0.2) is 9.97 Å². The molecule has 3 heterocycles. The Morgan fingerprint density at radius 2 is 1.89 bits per heavy atom. The van der Waals surface area contributed by atoms with Crippen LogP contribution in [0.25, 0.3) is 11.3 Å². The monoisotopic (exact) mass is 395 g/mol. The normalized spacial score (nSPS) is 10.9. The topological polar surface area (TPSA) is 105 Å². The fourth-order valence-corrected chi connectivity index (χ4v) is 2.94. The molecule has 0 aliphatic rings. The first-order chi connectivity index (χ1) is 13.5. The second kappa shape index (κ2) is 7.32. The molecule has 142 valence electrons. The van der Waals surface area contributed by atoms with Crippen LogP contribution in [-0.4, -0.2) is 25.1 Å². The molecule has 0 unspecified atom stereocenters. The molecule has 0 atom stereocenters. The Morgan fingerprint density at radius 3 is 2.61 bits per heavy atom. The van der Waals surface area contributed by atoms with Crippen LogP contribution in [-0.2, 0) is 0 Å². The van der Waals surface area contributed by atoms with E-state index in [1.165, 1.54) is 6.39 Å². The first kappa shape index (κ1) is 18.0. The Morgan fingerprint density at radius 1 is 1.04 bits per heavy atom. The number of hydrogen-bond acceptors (Lipinski definition) is 7. The molecule has 3 N–H and O–H groups in total. The summed E-state index contributed by atoms with van der Waals surface area (Å²) in [6.45, 7) is 5.93. The lowest BCUT2D eigenvalue weighted by atomic mass is 10.0. The zero-order valence-electron chi connectivity index (χ0n) is 15.5. The fraction of sp³-hybridized carbons (Fsp3) is 0.158. The lowest BCUT2D eigenvalue weighted by Gasteiger charge is -2.13. The Balaban J connectivity index is 1.60. The van der Waals surface area contributed by atoms with E-state index in [0.717, 1.165) is 33.8 Å². The molecule has 0 fully saturated rings. The van der Waals surface area contributed by atoms with Gasteiger partial charge in [0.2, 0.25) is 5.95 Å². The van der Waals surface area contributed by atoms with Gasteiger partial charge in [0.15, 0.2) is 23.8 Å². The molecule has 0 amide bonds. The van der Waals surface area contributed by atoms with Crippen molar-refractivity contribution in [1.82, 2.24) is 25.1 Å². The van der Waals surface area contributed by atoms with Crippen molar-refractivity contribution in [1.29, 1.82) is 0 Å². The largest absolute Gasteiger partial charge is 0.444 e. The molecule has 1 aromatic carbocycles. The summed E-state index contributed by atoms with van der Waals surface area (Å²) in [7, 11) is 0. The second-order valence-electron chi connectivity index (χ2n) is 6.42. The van der Waals surface area contributed by atoms with E-state index in [4.69, 9.17) is 16.0 Å². The molecule has 3 aromatic heterocycles. The number of aryl methyl sites for hydroxylation is 3. The van der Waals surface area contributed by atoms with E-state index in [1.807, 2.05) is 39.0 Å². The summed E-state index contributed by atoms with van der Waals surface area (Å²) in [5.74, 6) is 2.26. The zero-order chi connectivity index (χ0) is 19.7. The maximum absolute atomic E-state index is 6.22. The number of anilines is 4. The Labute approximate surface area is 166 Å². The van der Waals surface area contributed by atoms with Gasteiger partial charge < -0.3 is 15.1 Å². The van der Waals surface area contributed by atoms with Gasteiger partial charge in [0, 0.05) is 23.0 Å². The SMILES string of the molecule is Cc1cc(Nc2nc(Nc3cc(C)c(-c4cnco4)cc3C)ncc2Cl)n[nH]1. The quantitative estimate of drug-likeness (QED) is 0.440. The van der Waals surface area contributed by atoms with E-state index >= 15 is 0 Å². The van der Waals surface area contributed by atoms with Gasteiger partial charge in [0.1, 0.15) is 5.02 Å². The van der Waals surface area contributed by atoms with E-state index in [2.05, 4.69) is 35.8 Å². The summed E-state index contributed by atoms with van der Waals surface area (Å²) in [6, 6.07) is 5.93. The van der Waals surface area contributed by atoms with Crippen molar-refractivity contribution in [3.8, 4) is 11.3 Å². The number of benzene rings is 1. The third-order valence-electron chi connectivity index (χ3n) is 4.21. The van der Waals surface area contributed by atoms with Crippen molar-refractivity contribution < 1.29 is 4.42 Å². The number of rotatable bonds is 5. The highest BCUT2D eigenvalue weighted by Gasteiger charge is 2.12. The third-order valence-corrected chi connectivity index (χ3v) is 4.49. The minimum atomic E-state index is 0.403. The number of H-pyrrole nitrogens is 1. The minimum absolute atomic E-state index is 0.403. The molecule has 0 radical (unpaired) electrons. The first-order valence-electron chi connectivity index (χ1n) is 8.58. The van der Waals surface area contributed by atoms with E-state index < -0.39 is 0 Å². The fourth-order valence-electron chi connectivity index (χ4n) is 2.80. The second-order valence-corrected chi connectivity index (χ2v) is 6.83. The number of nitrogens with one attached hydrogen (secondary N) is 3. The van der Waals surface area contributed by atoms with Gasteiger partial charge in [0.05, 0.1) is 12.4 Å². The van der Waals surface area contributed by atoms with Gasteiger partial charge in [-0.2, -0.15) is 10.1 Å². The highest BCUT2D eigenvalue weighted by atomic mass is 35.5. The van der Waals surface area contributed by atoms with E-state index in [1.54, 1.807) is 12.4 Å². The molecule has 0 aliphatic carbocycles. The average molecular weight is 396 g/mol. The molecule has 28 heavy (non-hydrogen) atoms. The van der Waals surface area contributed by atoms with E-state index in [9.17, 15) is 0 Å². The van der Waals surface area contributed by atoms with Gasteiger partial charge in [-0.1, -0.05) is 11.6 Å². The standard InChI is InChI=1S/C19H18ClN7O/c1-10-5-15(11(2)4-13(10)16-8-21-9-28-16)23-19-22-7-14(20)18(25-19)24-17-6-12(3)26-27-17/h4-9H,1-3H3,(H3,22,23,24,25,26,27). The molecule has 0 saturated heterocycles. The molecular weight excluding hydrogens is 378 g/mol. The first-order valence-corrected chi connectivity index (χ1v) is 8.96. The van der Waals surface area contributed by atoms with Crippen LogP contribution in [0.3, 0.4) is 0 Å². The summed E-state index contributed by atoms with van der Waals surface area (Å²) in [4.78, 5) is 12.7. The maximum atomic E-state index is 6.22. The molecule has 0 saturated carbocycles. The van der Waals surface area contributed by atoms with E-state index in [0.29, 0.717) is 22.6 Å². The summed E-state index contributed by atoms with van der Waals surface area (Å²) in [5, 5.41) is 13.7. The zero-order valence-corrected chi connectivity index (χ0v) is 16.3. The van der Waals surface area contributed by atoms with Crippen LogP contribution in [0.4, 0.5) is 23.3 Å². The Hall–Kier alpha value is -3.39. The minimum Gasteiger partial charge on any atom is -0.444 e. The highest BCUT2D eigenvalue weighted by Crippen LogP contribution is 2.30. The smallest absolute Gasteiger partial charge is 0.229 e. The van der Waals surface area contributed by atoms with Crippen LogP contribution in [0.15, 0.2) is 41.4 Å². The summed E-state index contributed by atoms with van der Waals surface area (Å²) < 4.78 is 5.41. The van der Waals surface area contributed by atoms with Crippen LogP contribution in [0.5, 0.6) is 0 Å². The van der Waals surface area contributed by atoms with Crippen LogP contribution in [0.2, 0.25) is 5.02 Å². The maximum Gasteiger partial charge on any atom is 0.229 e. The van der Waals surface area contributed by atoms with Crippen molar-refractivity contribution in [3.05, 3.63) is 58.8 Å². The summed E-state index contributed by atoms with van der Waals surface area (Å²) in [6.07, 6.45) is 4.67. The molecule has 0 bridgehead atoms. The van der Waals surface area contributed by atoms with Gasteiger partial charge >= 0.3 is 0 Å². The van der Waals surface area contributed by atoms with Crippen LogP contribution < -0.4 is 10.6 Å². The van der Waals surface area contributed by atoms with Crippen molar-refractivity contribution in [3.63, 3.8) is 0 Å². The third kappa shape index (κ3) is 3.67. The van der Waals surface area contributed by atoms with Gasteiger partial charge in [-0.3, -0.25) is 5.10 Å². The summed E-state index contributed by atoms with van der Waals surface area (Å²) in [5.41, 5.74) is 4.89. The van der Waals surface area contributed by atoms with Gasteiger partial charge in [-0.05, 0) is 44.0 Å². The lowest BCUT2D eigenvalue weighted by molar-refractivity contribution is 0.571. The average Bonchev–Trinajstić information content (AvgIpc) is 3.32. The Bertz CT molecular complexity index is 1120. The number of aromatic amines is 1. The number of nitrogens with zero attached hydrogens (tertiary/aromatic N) is 4. The Kier molecular flexibility index (Phi) is 4.70. The highest BCUT2D eigenvalue weighted by molar-refractivity contribution is 6.32. The molecule has 0 aliphatic heterocycles. The van der Waals surface area contributed by atoms with Crippen LogP contribution in [0.1, 0.15) is 16.8 Å². The molecule has 0 spiro atoms. The molecule has 8 nitrogen and oxygen atoms in total. The number of oxazole rings is 1. The predicted molar refractivity (Wildman–Crippen MR) is 108 cm³/mol. The van der Waals surface area contributed by atoms with Gasteiger partial charge in [0.25, 0.3) is 0 Å². The van der Waals surface area contributed by atoms with Crippen molar-refractivity contribution in [2.75, 3.05) is 10.6 Å². The number of hydrogen-bond donors (Lipinski definition) is 3. The lowest BCUT2D eigenvalue weighted by Crippen LogP contribution is -2.03. The number of aromatic nitrogens is 5. The van der Waals surface area contributed by atoms with Crippen molar-refractivity contribution in [2.24, 2.45) is 0 Å². The molecule has 9 heteroatoms. The van der Waals surface area contributed by atoms with Crippen LogP contribution >= 0.6 is 11.6 Å². The molecule has 4 aromatic rings.